The molecule has 24 heavy (non-hydrogen) atoms. The van der Waals surface area contributed by atoms with Crippen LogP contribution in [-0.2, 0) is 9.59 Å². The van der Waals surface area contributed by atoms with Crippen LogP contribution in [0.4, 0.5) is 0 Å². The van der Waals surface area contributed by atoms with Crippen molar-refractivity contribution in [2.75, 3.05) is 39.3 Å². The Labute approximate surface area is 146 Å². The van der Waals surface area contributed by atoms with Gasteiger partial charge in [0, 0.05) is 39.1 Å². The molecular formula is C19H33N3O2. The minimum Gasteiger partial charge on any atom is -0.342 e. The Balaban J connectivity index is 1.65. The quantitative estimate of drug-likeness (QED) is 0.834. The van der Waals surface area contributed by atoms with Crippen LogP contribution in [-0.4, -0.2) is 60.9 Å². The van der Waals surface area contributed by atoms with Crippen LogP contribution in [0.15, 0.2) is 0 Å². The van der Waals surface area contributed by atoms with E-state index in [4.69, 9.17) is 0 Å². The minimum atomic E-state index is -0.496. The Kier molecular flexibility index (Phi) is 5.48. The van der Waals surface area contributed by atoms with Crippen LogP contribution in [0.25, 0.3) is 0 Å². The SMILES string of the molecule is CCC1CCN(C(=O)CC2(C(=O)N3CCC(CC)C3)CCNC2)C1. The summed E-state index contributed by atoms with van der Waals surface area (Å²) >= 11 is 0. The molecule has 136 valence electrons. The molecule has 3 aliphatic heterocycles. The van der Waals surface area contributed by atoms with Crippen LogP contribution < -0.4 is 5.32 Å². The van der Waals surface area contributed by atoms with Crippen LogP contribution >= 0.6 is 0 Å². The number of carbonyl (C=O) groups excluding carboxylic acids is 2. The topological polar surface area (TPSA) is 52.7 Å². The third-order valence-corrected chi connectivity index (χ3v) is 6.55. The highest BCUT2D eigenvalue weighted by Gasteiger charge is 2.47. The zero-order valence-electron chi connectivity index (χ0n) is 15.4. The van der Waals surface area contributed by atoms with Gasteiger partial charge < -0.3 is 15.1 Å². The second-order valence-electron chi connectivity index (χ2n) is 8.10. The number of nitrogens with one attached hydrogen (secondary N) is 1. The van der Waals surface area contributed by atoms with Gasteiger partial charge in [0.1, 0.15) is 0 Å². The molecule has 3 unspecified atom stereocenters. The first-order chi connectivity index (χ1) is 11.6. The molecule has 1 N–H and O–H groups in total. The molecule has 3 aliphatic rings. The molecule has 3 heterocycles. The summed E-state index contributed by atoms with van der Waals surface area (Å²) in [7, 11) is 0. The van der Waals surface area contributed by atoms with Gasteiger partial charge in [0.2, 0.25) is 11.8 Å². The standard InChI is InChI=1S/C19H33N3O2/c1-3-15-5-9-21(12-15)17(23)11-19(7-8-20-14-19)18(24)22-10-6-16(4-2)13-22/h15-16,20H,3-14H2,1-2H3. The molecule has 3 saturated heterocycles. The average Bonchev–Trinajstić information content (AvgIpc) is 3.33. The summed E-state index contributed by atoms with van der Waals surface area (Å²) in [5.74, 6) is 1.70. The van der Waals surface area contributed by atoms with E-state index in [2.05, 4.69) is 19.2 Å². The van der Waals surface area contributed by atoms with E-state index >= 15 is 0 Å². The highest BCUT2D eigenvalue weighted by Crippen LogP contribution is 2.36. The van der Waals surface area contributed by atoms with Gasteiger partial charge >= 0.3 is 0 Å². The van der Waals surface area contributed by atoms with Crippen molar-refractivity contribution in [3.63, 3.8) is 0 Å². The lowest BCUT2D eigenvalue weighted by molar-refractivity contribution is -0.146. The first-order valence-corrected chi connectivity index (χ1v) is 9.86. The lowest BCUT2D eigenvalue weighted by Crippen LogP contribution is -2.47. The van der Waals surface area contributed by atoms with Crippen LogP contribution in [0.3, 0.4) is 0 Å². The van der Waals surface area contributed by atoms with Crippen molar-refractivity contribution in [1.29, 1.82) is 0 Å². The molecular weight excluding hydrogens is 302 g/mol. The fourth-order valence-electron chi connectivity index (χ4n) is 4.63. The van der Waals surface area contributed by atoms with Gasteiger partial charge in [0.25, 0.3) is 0 Å². The van der Waals surface area contributed by atoms with Gasteiger partial charge in [-0.15, -0.1) is 0 Å². The number of amides is 2. The Morgan fingerprint density at radius 2 is 1.67 bits per heavy atom. The fraction of sp³-hybridized carbons (Fsp3) is 0.895. The number of nitrogens with zero attached hydrogens (tertiary/aromatic N) is 2. The van der Waals surface area contributed by atoms with E-state index in [9.17, 15) is 9.59 Å². The zero-order valence-corrected chi connectivity index (χ0v) is 15.4. The smallest absolute Gasteiger partial charge is 0.230 e. The maximum Gasteiger partial charge on any atom is 0.230 e. The van der Waals surface area contributed by atoms with E-state index in [0.717, 1.165) is 64.8 Å². The molecule has 0 aromatic rings. The molecule has 5 nitrogen and oxygen atoms in total. The van der Waals surface area contributed by atoms with E-state index < -0.39 is 5.41 Å². The lowest BCUT2D eigenvalue weighted by Gasteiger charge is -2.32. The summed E-state index contributed by atoms with van der Waals surface area (Å²) in [5, 5.41) is 3.34. The highest BCUT2D eigenvalue weighted by molar-refractivity contribution is 5.90. The molecule has 0 radical (unpaired) electrons. The summed E-state index contributed by atoms with van der Waals surface area (Å²) < 4.78 is 0. The van der Waals surface area contributed by atoms with E-state index in [0.29, 0.717) is 24.8 Å². The minimum absolute atomic E-state index is 0.189. The number of likely N-dealkylation sites (tertiary alicyclic amines) is 2. The lowest BCUT2D eigenvalue weighted by atomic mass is 9.81. The van der Waals surface area contributed by atoms with Crippen molar-refractivity contribution in [3.05, 3.63) is 0 Å². The Bertz CT molecular complexity index is 473. The molecule has 0 aliphatic carbocycles. The van der Waals surface area contributed by atoms with Gasteiger partial charge in [-0.25, -0.2) is 0 Å². The predicted octanol–water partition coefficient (Wildman–Crippen LogP) is 1.87. The van der Waals surface area contributed by atoms with Gasteiger partial charge in [-0.1, -0.05) is 26.7 Å². The third-order valence-electron chi connectivity index (χ3n) is 6.55. The van der Waals surface area contributed by atoms with Crippen LogP contribution in [0, 0.1) is 17.3 Å². The van der Waals surface area contributed by atoms with Crippen LogP contribution in [0.1, 0.15) is 52.4 Å². The zero-order chi connectivity index (χ0) is 17.2. The largest absolute Gasteiger partial charge is 0.342 e. The first-order valence-electron chi connectivity index (χ1n) is 9.86. The summed E-state index contributed by atoms with van der Waals surface area (Å²) in [4.78, 5) is 30.1. The van der Waals surface area contributed by atoms with Gasteiger partial charge in [0.05, 0.1) is 5.41 Å². The van der Waals surface area contributed by atoms with E-state index in [1.54, 1.807) is 0 Å². The first kappa shape index (κ1) is 17.7. The number of carbonyl (C=O) groups is 2. The van der Waals surface area contributed by atoms with Crippen LogP contribution in [0.5, 0.6) is 0 Å². The molecule has 5 heteroatoms. The van der Waals surface area contributed by atoms with Gasteiger partial charge in [-0.05, 0) is 37.6 Å². The van der Waals surface area contributed by atoms with Crippen molar-refractivity contribution < 1.29 is 9.59 Å². The van der Waals surface area contributed by atoms with Crippen molar-refractivity contribution in [3.8, 4) is 0 Å². The highest BCUT2D eigenvalue weighted by atomic mass is 16.2. The second-order valence-corrected chi connectivity index (χ2v) is 8.10. The Morgan fingerprint density at radius 3 is 2.21 bits per heavy atom. The summed E-state index contributed by atoms with van der Waals surface area (Å²) in [6, 6.07) is 0. The summed E-state index contributed by atoms with van der Waals surface area (Å²) in [6.45, 7) is 9.42. The van der Waals surface area contributed by atoms with Crippen molar-refractivity contribution in [2.45, 2.75) is 52.4 Å². The number of rotatable bonds is 5. The molecule has 0 saturated carbocycles. The Hall–Kier alpha value is -1.10. The molecule has 0 aromatic heterocycles. The monoisotopic (exact) mass is 335 g/mol. The fourth-order valence-corrected chi connectivity index (χ4v) is 4.63. The van der Waals surface area contributed by atoms with Crippen LogP contribution in [0.2, 0.25) is 0 Å². The van der Waals surface area contributed by atoms with Crippen molar-refractivity contribution in [1.82, 2.24) is 15.1 Å². The maximum atomic E-state index is 13.2. The maximum absolute atomic E-state index is 13.2. The Morgan fingerprint density at radius 1 is 1.04 bits per heavy atom. The number of hydrogen-bond acceptors (Lipinski definition) is 3. The molecule has 0 aromatic carbocycles. The molecule has 2 amide bonds. The average molecular weight is 335 g/mol. The normalized spacial score (nSPS) is 33.4. The summed E-state index contributed by atoms with van der Waals surface area (Å²) in [6.07, 6.45) is 5.70. The van der Waals surface area contributed by atoms with Crippen molar-refractivity contribution in [2.24, 2.45) is 17.3 Å². The van der Waals surface area contributed by atoms with E-state index in [1.165, 1.54) is 0 Å². The molecule has 3 fully saturated rings. The molecule has 0 spiro atoms. The third kappa shape index (κ3) is 3.46. The summed E-state index contributed by atoms with van der Waals surface area (Å²) in [5.41, 5.74) is -0.496. The predicted molar refractivity (Wildman–Crippen MR) is 94.5 cm³/mol. The van der Waals surface area contributed by atoms with E-state index in [-0.39, 0.29) is 11.8 Å². The molecule has 0 bridgehead atoms. The second kappa shape index (κ2) is 7.42. The molecule has 3 atom stereocenters. The van der Waals surface area contributed by atoms with Gasteiger partial charge in [0.15, 0.2) is 0 Å². The number of hydrogen-bond donors (Lipinski definition) is 1. The molecule has 3 rings (SSSR count). The van der Waals surface area contributed by atoms with Gasteiger partial charge in [-0.2, -0.15) is 0 Å². The van der Waals surface area contributed by atoms with Crippen molar-refractivity contribution >= 4 is 11.8 Å². The van der Waals surface area contributed by atoms with Gasteiger partial charge in [-0.3, -0.25) is 9.59 Å². The van der Waals surface area contributed by atoms with E-state index in [1.807, 2.05) is 9.80 Å².